The first kappa shape index (κ1) is 15.6. The molecular weight excluding hydrogens is 294 g/mol. The Morgan fingerprint density at radius 2 is 2.22 bits per heavy atom. The van der Waals surface area contributed by atoms with E-state index >= 15 is 0 Å². The molecule has 6 nitrogen and oxygen atoms in total. The van der Waals surface area contributed by atoms with Gasteiger partial charge in [0.25, 0.3) is 0 Å². The fourth-order valence-electron chi connectivity index (χ4n) is 2.62. The topological polar surface area (TPSA) is 71.5 Å². The average Bonchev–Trinajstić information content (AvgIpc) is 3.05. The summed E-state index contributed by atoms with van der Waals surface area (Å²) in [7, 11) is 0. The van der Waals surface area contributed by atoms with E-state index in [9.17, 15) is 4.79 Å². The monoisotopic (exact) mass is 317 g/mol. The number of hydrogen-bond donors (Lipinski definition) is 1. The fourth-order valence-corrected chi connectivity index (χ4v) is 2.62. The molecule has 6 heteroatoms. The molecule has 2 aromatic rings. The van der Waals surface area contributed by atoms with Gasteiger partial charge in [-0.2, -0.15) is 0 Å². The molecular formula is C17H23N3O3. The maximum absolute atomic E-state index is 12.6. The lowest BCUT2D eigenvalue weighted by molar-refractivity contribution is 0.165. The number of nitrogens with zero attached hydrogens (tertiary/aromatic N) is 2. The quantitative estimate of drug-likeness (QED) is 0.879. The van der Waals surface area contributed by atoms with Crippen molar-refractivity contribution in [1.82, 2.24) is 15.4 Å². The molecule has 1 N–H and O–H groups in total. The van der Waals surface area contributed by atoms with Crippen LogP contribution in [0.2, 0.25) is 0 Å². The molecule has 3 rings (SSSR count). The molecule has 0 unspecified atom stereocenters. The molecule has 2 amide bonds. The first-order valence-electron chi connectivity index (χ1n) is 8.11. The molecule has 0 aromatic carbocycles. The summed E-state index contributed by atoms with van der Waals surface area (Å²) >= 11 is 0. The SMILES string of the molecule is CC(C)c1cc(CNC(=O)N(C2CC2)[C@@H](C)c2ccco2)on1. The van der Waals surface area contributed by atoms with Crippen molar-refractivity contribution in [2.75, 3.05) is 0 Å². The normalized spacial score (nSPS) is 15.7. The Labute approximate surface area is 135 Å². The summed E-state index contributed by atoms with van der Waals surface area (Å²) in [5.74, 6) is 1.78. The largest absolute Gasteiger partial charge is 0.467 e. The molecule has 124 valence electrons. The number of rotatable bonds is 6. The Bertz CT molecular complexity index is 644. The number of hydrogen-bond acceptors (Lipinski definition) is 4. The highest BCUT2D eigenvalue weighted by Gasteiger charge is 2.37. The smallest absolute Gasteiger partial charge is 0.318 e. The molecule has 0 aliphatic heterocycles. The lowest BCUT2D eigenvalue weighted by atomic mass is 10.1. The summed E-state index contributed by atoms with van der Waals surface area (Å²) in [6, 6.07) is 5.74. The highest BCUT2D eigenvalue weighted by atomic mass is 16.5. The van der Waals surface area contributed by atoms with Crippen LogP contribution >= 0.6 is 0 Å². The third kappa shape index (κ3) is 3.57. The second-order valence-corrected chi connectivity index (χ2v) is 6.36. The van der Waals surface area contributed by atoms with Crippen LogP contribution < -0.4 is 5.32 Å². The van der Waals surface area contributed by atoms with E-state index in [0.717, 1.165) is 24.3 Å². The van der Waals surface area contributed by atoms with E-state index in [4.69, 9.17) is 8.94 Å². The van der Waals surface area contributed by atoms with Crippen molar-refractivity contribution in [2.45, 2.75) is 58.2 Å². The Kier molecular flexibility index (Phi) is 4.41. The zero-order chi connectivity index (χ0) is 16.4. The van der Waals surface area contributed by atoms with Gasteiger partial charge in [0, 0.05) is 12.1 Å². The van der Waals surface area contributed by atoms with Gasteiger partial charge in [-0.3, -0.25) is 0 Å². The molecule has 0 radical (unpaired) electrons. The Morgan fingerprint density at radius 1 is 1.43 bits per heavy atom. The summed E-state index contributed by atoms with van der Waals surface area (Å²) in [5.41, 5.74) is 0.900. The van der Waals surface area contributed by atoms with Crippen molar-refractivity contribution in [1.29, 1.82) is 0 Å². The van der Waals surface area contributed by atoms with E-state index in [1.165, 1.54) is 0 Å². The second-order valence-electron chi connectivity index (χ2n) is 6.36. The van der Waals surface area contributed by atoms with Gasteiger partial charge in [0.2, 0.25) is 0 Å². The van der Waals surface area contributed by atoms with Gasteiger partial charge in [0.15, 0.2) is 5.76 Å². The number of carbonyl (C=O) groups is 1. The third-order valence-corrected chi connectivity index (χ3v) is 4.13. The Morgan fingerprint density at radius 3 is 2.78 bits per heavy atom. The van der Waals surface area contributed by atoms with E-state index in [0.29, 0.717) is 18.2 Å². The van der Waals surface area contributed by atoms with Crippen molar-refractivity contribution in [3.05, 3.63) is 41.7 Å². The van der Waals surface area contributed by atoms with E-state index in [-0.39, 0.29) is 18.1 Å². The zero-order valence-corrected chi connectivity index (χ0v) is 13.8. The maximum atomic E-state index is 12.6. The van der Waals surface area contributed by atoms with Crippen molar-refractivity contribution < 1.29 is 13.7 Å². The summed E-state index contributed by atoms with van der Waals surface area (Å²) in [6.07, 6.45) is 3.72. The molecule has 1 aliphatic rings. The predicted octanol–water partition coefficient (Wildman–Crippen LogP) is 3.83. The summed E-state index contributed by atoms with van der Waals surface area (Å²) in [5, 5.41) is 6.93. The Balaban J connectivity index is 1.62. The second kappa shape index (κ2) is 6.48. The molecule has 0 spiro atoms. The van der Waals surface area contributed by atoms with Gasteiger partial charge >= 0.3 is 6.03 Å². The number of urea groups is 1. The zero-order valence-electron chi connectivity index (χ0n) is 13.8. The van der Waals surface area contributed by atoms with Crippen LogP contribution in [0, 0.1) is 0 Å². The molecule has 0 saturated heterocycles. The van der Waals surface area contributed by atoms with Gasteiger partial charge < -0.3 is 19.2 Å². The van der Waals surface area contributed by atoms with E-state index in [2.05, 4.69) is 24.3 Å². The van der Waals surface area contributed by atoms with Gasteiger partial charge in [-0.15, -0.1) is 0 Å². The molecule has 1 saturated carbocycles. The molecule has 2 heterocycles. The van der Waals surface area contributed by atoms with Gasteiger partial charge in [-0.1, -0.05) is 19.0 Å². The number of furan rings is 1. The van der Waals surface area contributed by atoms with Gasteiger partial charge in [0.1, 0.15) is 5.76 Å². The summed E-state index contributed by atoms with van der Waals surface area (Å²) < 4.78 is 10.7. The molecule has 0 bridgehead atoms. The van der Waals surface area contributed by atoms with Crippen LogP contribution in [0.3, 0.4) is 0 Å². The molecule has 1 fully saturated rings. The van der Waals surface area contributed by atoms with Crippen LogP contribution in [-0.2, 0) is 6.54 Å². The van der Waals surface area contributed by atoms with Crippen LogP contribution in [0.5, 0.6) is 0 Å². The fraction of sp³-hybridized carbons (Fsp3) is 0.529. The first-order chi connectivity index (χ1) is 11.1. The maximum Gasteiger partial charge on any atom is 0.318 e. The lowest BCUT2D eigenvalue weighted by Crippen LogP contribution is -2.42. The number of nitrogens with one attached hydrogen (secondary N) is 1. The highest BCUT2D eigenvalue weighted by Crippen LogP contribution is 2.34. The average molecular weight is 317 g/mol. The standard InChI is InChI=1S/C17H23N3O3/c1-11(2)15-9-14(23-19-15)10-18-17(21)20(13-6-7-13)12(3)16-5-4-8-22-16/h4-5,8-9,11-13H,6-7,10H2,1-3H3,(H,18,21)/t12-/m0/s1. The molecule has 1 atom stereocenters. The third-order valence-electron chi connectivity index (χ3n) is 4.13. The van der Waals surface area contributed by atoms with E-state index in [1.54, 1.807) is 6.26 Å². The van der Waals surface area contributed by atoms with E-state index in [1.807, 2.05) is 30.0 Å². The minimum Gasteiger partial charge on any atom is -0.467 e. The molecule has 1 aliphatic carbocycles. The van der Waals surface area contributed by atoms with Gasteiger partial charge in [0.05, 0.1) is 24.5 Å². The first-order valence-corrected chi connectivity index (χ1v) is 8.11. The van der Waals surface area contributed by atoms with Crippen LogP contribution in [0.25, 0.3) is 0 Å². The molecule has 23 heavy (non-hydrogen) atoms. The van der Waals surface area contributed by atoms with Crippen LogP contribution in [-0.4, -0.2) is 22.1 Å². The van der Waals surface area contributed by atoms with Gasteiger partial charge in [-0.25, -0.2) is 4.79 Å². The predicted molar refractivity (Wildman–Crippen MR) is 84.8 cm³/mol. The minimum absolute atomic E-state index is 0.0848. The number of aromatic nitrogens is 1. The van der Waals surface area contributed by atoms with Crippen molar-refractivity contribution in [3.63, 3.8) is 0 Å². The molecule has 2 aromatic heterocycles. The Hall–Kier alpha value is -2.24. The van der Waals surface area contributed by atoms with Crippen molar-refractivity contribution in [2.24, 2.45) is 0 Å². The minimum atomic E-state index is -0.0982. The van der Waals surface area contributed by atoms with Gasteiger partial charge in [-0.05, 0) is 37.8 Å². The van der Waals surface area contributed by atoms with Crippen LogP contribution in [0.4, 0.5) is 4.79 Å². The number of carbonyl (C=O) groups excluding carboxylic acids is 1. The lowest BCUT2D eigenvalue weighted by Gasteiger charge is -2.28. The summed E-state index contributed by atoms with van der Waals surface area (Å²) in [6.45, 7) is 6.44. The van der Waals surface area contributed by atoms with Crippen molar-refractivity contribution >= 4 is 6.03 Å². The van der Waals surface area contributed by atoms with Crippen LogP contribution in [0.1, 0.15) is 62.8 Å². The number of amides is 2. The highest BCUT2D eigenvalue weighted by molar-refractivity contribution is 5.75. The van der Waals surface area contributed by atoms with Crippen molar-refractivity contribution in [3.8, 4) is 0 Å². The van der Waals surface area contributed by atoms with E-state index < -0.39 is 0 Å². The van der Waals surface area contributed by atoms with Crippen LogP contribution in [0.15, 0.2) is 33.4 Å². The summed E-state index contributed by atoms with van der Waals surface area (Å²) in [4.78, 5) is 14.4.